The zero-order valence-electron chi connectivity index (χ0n) is 10.3. The summed E-state index contributed by atoms with van der Waals surface area (Å²) in [5.74, 6) is 0. The zero-order valence-corrected chi connectivity index (χ0v) is 11.1. The molecule has 0 saturated carbocycles. The number of halogens is 1. The van der Waals surface area contributed by atoms with E-state index in [9.17, 15) is 19.7 Å². The number of aryl methyl sites for hydroxylation is 1. The lowest BCUT2D eigenvalue weighted by Gasteiger charge is -2.06. The van der Waals surface area contributed by atoms with Crippen LogP contribution in [0.3, 0.4) is 0 Å². The summed E-state index contributed by atoms with van der Waals surface area (Å²) in [6, 6.07) is 3.02. The predicted molar refractivity (Wildman–Crippen MR) is 70.9 cm³/mol. The van der Waals surface area contributed by atoms with Crippen LogP contribution in [-0.2, 0) is 13.6 Å². The third-order valence-electron chi connectivity index (χ3n) is 2.61. The molecule has 104 valence electrons. The van der Waals surface area contributed by atoms with Gasteiger partial charge in [0, 0.05) is 18.3 Å². The first-order chi connectivity index (χ1) is 9.40. The van der Waals surface area contributed by atoms with E-state index in [0.29, 0.717) is 10.7 Å². The first-order valence-corrected chi connectivity index (χ1v) is 5.83. The van der Waals surface area contributed by atoms with Crippen LogP contribution < -0.4 is 11.2 Å². The van der Waals surface area contributed by atoms with Gasteiger partial charge in [-0.05, 0) is 12.1 Å². The Morgan fingerprint density at radius 1 is 1.45 bits per heavy atom. The normalized spacial score (nSPS) is 10.5. The van der Waals surface area contributed by atoms with Gasteiger partial charge < -0.3 is 0 Å². The minimum atomic E-state index is -0.972. The minimum Gasteiger partial charge on any atom is -0.297 e. The molecular weight excluding hydrogens is 288 g/mol. The van der Waals surface area contributed by atoms with Crippen molar-refractivity contribution in [1.82, 2.24) is 14.1 Å². The fourth-order valence-corrected chi connectivity index (χ4v) is 1.85. The van der Waals surface area contributed by atoms with E-state index in [1.807, 2.05) is 0 Å². The van der Waals surface area contributed by atoms with Crippen molar-refractivity contribution in [2.75, 3.05) is 0 Å². The first kappa shape index (κ1) is 13.9. The first-order valence-electron chi connectivity index (χ1n) is 5.45. The van der Waals surface area contributed by atoms with Crippen molar-refractivity contribution >= 4 is 17.3 Å². The number of rotatable bonds is 3. The maximum absolute atomic E-state index is 11.9. The van der Waals surface area contributed by atoms with E-state index >= 15 is 0 Å². The number of hydrogen-bond acceptors (Lipinski definition) is 5. The lowest BCUT2D eigenvalue weighted by Crippen LogP contribution is -2.39. The summed E-state index contributed by atoms with van der Waals surface area (Å²) in [6.07, 6.45) is 2.32. The Morgan fingerprint density at radius 2 is 2.15 bits per heavy atom. The van der Waals surface area contributed by atoms with Crippen LogP contribution in [0.5, 0.6) is 0 Å². The molecule has 20 heavy (non-hydrogen) atoms. The molecule has 0 bridgehead atoms. The molecule has 9 heteroatoms. The van der Waals surface area contributed by atoms with E-state index in [-0.39, 0.29) is 6.54 Å². The van der Waals surface area contributed by atoms with E-state index in [1.165, 1.54) is 19.3 Å². The van der Waals surface area contributed by atoms with Gasteiger partial charge >= 0.3 is 16.9 Å². The van der Waals surface area contributed by atoms with Crippen molar-refractivity contribution in [1.29, 1.82) is 0 Å². The smallest absolute Gasteiger partial charge is 0.297 e. The van der Waals surface area contributed by atoms with Gasteiger partial charge in [-0.1, -0.05) is 11.6 Å². The molecule has 0 aliphatic heterocycles. The highest BCUT2D eigenvalue weighted by molar-refractivity contribution is 6.30. The maximum Gasteiger partial charge on any atom is 0.350 e. The summed E-state index contributed by atoms with van der Waals surface area (Å²) in [5.41, 5.74) is -1.95. The molecule has 0 aliphatic rings. The second-order valence-electron chi connectivity index (χ2n) is 4.02. The monoisotopic (exact) mass is 296 g/mol. The lowest BCUT2D eigenvalue weighted by atomic mass is 10.3. The van der Waals surface area contributed by atoms with Gasteiger partial charge in [0.15, 0.2) is 0 Å². The summed E-state index contributed by atoms with van der Waals surface area (Å²) < 4.78 is 1.72. The summed E-state index contributed by atoms with van der Waals surface area (Å²) in [7, 11) is 1.33. The largest absolute Gasteiger partial charge is 0.350 e. The van der Waals surface area contributed by atoms with Crippen LogP contribution in [-0.4, -0.2) is 19.0 Å². The number of nitro groups is 1. The summed E-state index contributed by atoms with van der Waals surface area (Å²) >= 11 is 5.78. The molecule has 0 saturated heterocycles. The molecule has 0 fully saturated rings. The highest BCUT2D eigenvalue weighted by Crippen LogP contribution is 2.08. The van der Waals surface area contributed by atoms with Crippen LogP contribution in [0.1, 0.15) is 5.69 Å². The number of hydrogen-bond donors (Lipinski definition) is 0. The van der Waals surface area contributed by atoms with Crippen molar-refractivity contribution in [3.63, 3.8) is 0 Å². The molecule has 2 heterocycles. The average Bonchev–Trinajstić information content (AvgIpc) is 2.38. The molecule has 8 nitrogen and oxygen atoms in total. The Hall–Kier alpha value is -2.48. The van der Waals surface area contributed by atoms with Crippen molar-refractivity contribution in [3.05, 3.63) is 66.2 Å². The predicted octanol–water partition coefficient (Wildman–Crippen LogP) is 0.552. The highest BCUT2D eigenvalue weighted by Gasteiger charge is 2.19. The van der Waals surface area contributed by atoms with Crippen molar-refractivity contribution in [2.45, 2.75) is 6.54 Å². The molecule has 2 rings (SSSR count). The van der Waals surface area contributed by atoms with E-state index in [4.69, 9.17) is 11.6 Å². The van der Waals surface area contributed by atoms with Gasteiger partial charge in [-0.15, -0.1) is 0 Å². The Kier molecular flexibility index (Phi) is 3.66. The van der Waals surface area contributed by atoms with Gasteiger partial charge in [-0.3, -0.25) is 24.5 Å². The summed E-state index contributed by atoms with van der Waals surface area (Å²) in [4.78, 5) is 37.7. The topological polar surface area (TPSA) is 100 Å². The molecule has 2 aromatic heterocycles. The van der Waals surface area contributed by atoms with E-state index in [1.54, 1.807) is 6.07 Å². The molecule has 2 aromatic rings. The van der Waals surface area contributed by atoms with E-state index in [0.717, 1.165) is 15.3 Å². The van der Waals surface area contributed by atoms with Crippen molar-refractivity contribution in [2.24, 2.45) is 7.05 Å². The SMILES string of the molecule is Cn1cc([N+](=O)[O-])c(=O)n(Cc2cc(Cl)ccn2)c1=O. The maximum atomic E-state index is 11.9. The lowest BCUT2D eigenvalue weighted by molar-refractivity contribution is -0.387. The summed E-state index contributed by atoms with van der Waals surface area (Å²) in [6.45, 7) is -0.187. The standard InChI is InChI=1S/C11H9ClN4O4/c1-14-6-9(16(19)20)10(17)15(11(14)18)5-8-4-7(12)2-3-13-8/h2-4,6H,5H2,1H3. The molecule has 0 spiro atoms. The number of pyridine rings is 1. The molecule has 0 N–H and O–H groups in total. The number of aromatic nitrogens is 3. The van der Waals surface area contributed by atoms with Crippen LogP contribution >= 0.6 is 11.6 Å². The quantitative estimate of drug-likeness (QED) is 0.608. The fraction of sp³-hybridized carbons (Fsp3) is 0.182. The summed E-state index contributed by atoms with van der Waals surface area (Å²) in [5, 5.41) is 11.2. The Morgan fingerprint density at radius 3 is 2.75 bits per heavy atom. The Labute approximate surface area is 117 Å². The molecule has 0 unspecified atom stereocenters. The van der Waals surface area contributed by atoms with Gasteiger partial charge in [-0.25, -0.2) is 9.36 Å². The van der Waals surface area contributed by atoms with Gasteiger partial charge in [0.25, 0.3) is 0 Å². The average molecular weight is 297 g/mol. The van der Waals surface area contributed by atoms with E-state index < -0.39 is 21.9 Å². The molecule has 0 aromatic carbocycles. The van der Waals surface area contributed by atoms with Gasteiger partial charge in [0.1, 0.15) is 0 Å². The van der Waals surface area contributed by atoms with E-state index in [2.05, 4.69) is 4.98 Å². The van der Waals surface area contributed by atoms with Crippen LogP contribution in [0.4, 0.5) is 5.69 Å². The zero-order chi connectivity index (χ0) is 14.9. The Bertz CT molecular complexity index is 796. The van der Waals surface area contributed by atoms with Crippen LogP contribution in [0.15, 0.2) is 34.1 Å². The second kappa shape index (κ2) is 5.25. The third kappa shape index (κ3) is 2.59. The second-order valence-corrected chi connectivity index (χ2v) is 4.46. The highest BCUT2D eigenvalue weighted by atomic mass is 35.5. The van der Waals surface area contributed by atoms with Gasteiger partial charge in [0.2, 0.25) is 0 Å². The van der Waals surface area contributed by atoms with Crippen molar-refractivity contribution in [3.8, 4) is 0 Å². The Balaban J connectivity index is 2.60. The molecule has 0 aliphatic carbocycles. The van der Waals surface area contributed by atoms with Crippen LogP contribution in [0.25, 0.3) is 0 Å². The molecule has 0 amide bonds. The van der Waals surface area contributed by atoms with Gasteiger partial charge in [0.05, 0.1) is 23.4 Å². The molecule has 0 atom stereocenters. The van der Waals surface area contributed by atoms with Gasteiger partial charge in [-0.2, -0.15) is 0 Å². The van der Waals surface area contributed by atoms with Crippen molar-refractivity contribution < 1.29 is 4.92 Å². The minimum absolute atomic E-state index is 0.187. The third-order valence-corrected chi connectivity index (χ3v) is 2.84. The van der Waals surface area contributed by atoms with Crippen LogP contribution in [0.2, 0.25) is 5.02 Å². The molecular formula is C11H9ClN4O4. The fourth-order valence-electron chi connectivity index (χ4n) is 1.67. The molecule has 0 radical (unpaired) electrons. The van der Waals surface area contributed by atoms with Crippen LogP contribution in [0, 0.1) is 10.1 Å². The number of nitrogens with zero attached hydrogens (tertiary/aromatic N) is 4.